The minimum atomic E-state index is 0.0988. The van der Waals surface area contributed by atoms with Gasteiger partial charge in [0.2, 0.25) is 0 Å². The number of fused-ring (bicyclic) bond motifs is 2. The molecule has 5 rings (SSSR count). The van der Waals surface area contributed by atoms with Crippen molar-refractivity contribution in [3.63, 3.8) is 0 Å². The first-order chi connectivity index (χ1) is 13.2. The molecule has 0 N–H and O–H groups in total. The normalized spacial score (nSPS) is 16.5. The van der Waals surface area contributed by atoms with Crippen LogP contribution in [0, 0.1) is 0 Å². The Hall–Kier alpha value is -2.98. The molecule has 1 aliphatic rings. The Morgan fingerprint density at radius 1 is 1.00 bits per heavy atom. The molecule has 2 aromatic carbocycles. The smallest absolute Gasteiger partial charge is 0.166 e. The first kappa shape index (κ1) is 16.2. The first-order valence-electron chi connectivity index (χ1n) is 8.90. The molecule has 4 nitrogen and oxygen atoms in total. The van der Waals surface area contributed by atoms with Gasteiger partial charge in [-0.05, 0) is 35.6 Å². The lowest BCUT2D eigenvalue weighted by Gasteiger charge is -2.23. The number of hydrogen-bond acceptors (Lipinski definition) is 3. The molecule has 0 amide bonds. The molecule has 0 aliphatic heterocycles. The van der Waals surface area contributed by atoms with Crippen molar-refractivity contribution in [2.45, 2.75) is 18.8 Å². The van der Waals surface area contributed by atoms with E-state index in [0.29, 0.717) is 17.0 Å². The summed E-state index contributed by atoms with van der Waals surface area (Å²) in [5.74, 6) is 0.203. The van der Waals surface area contributed by atoms with Gasteiger partial charge in [0.05, 0.1) is 17.5 Å². The molecule has 0 spiro atoms. The van der Waals surface area contributed by atoms with Crippen molar-refractivity contribution in [2.24, 2.45) is 0 Å². The Bertz CT molecular complexity index is 1170. The van der Waals surface area contributed by atoms with Gasteiger partial charge >= 0.3 is 0 Å². The maximum absolute atomic E-state index is 12.8. The number of aromatic nitrogens is 3. The van der Waals surface area contributed by atoms with Crippen molar-refractivity contribution in [1.82, 2.24) is 14.6 Å². The number of carbonyl (C=O) groups excluding carboxylic acids is 1. The Kier molecular flexibility index (Phi) is 3.80. The van der Waals surface area contributed by atoms with E-state index in [1.54, 1.807) is 4.52 Å². The second-order valence-electron chi connectivity index (χ2n) is 6.88. The van der Waals surface area contributed by atoms with E-state index in [9.17, 15) is 4.79 Å². The second-order valence-corrected chi connectivity index (χ2v) is 7.31. The van der Waals surface area contributed by atoms with Crippen molar-refractivity contribution in [2.75, 3.05) is 0 Å². The number of rotatable bonds is 2. The van der Waals surface area contributed by atoms with Crippen LogP contribution in [0.5, 0.6) is 0 Å². The predicted octanol–water partition coefficient (Wildman–Crippen LogP) is 4.96. The molecule has 4 aromatic rings. The molecule has 0 bridgehead atoms. The van der Waals surface area contributed by atoms with E-state index in [1.165, 1.54) is 0 Å². The van der Waals surface area contributed by atoms with Crippen molar-refractivity contribution in [1.29, 1.82) is 0 Å². The SMILES string of the molecule is O=C1CC(c2cccc(Cl)c2)Cc2nc3c(-c4ccccc4)cnn3cc21. The quantitative estimate of drug-likeness (QED) is 0.498. The van der Waals surface area contributed by atoms with Gasteiger partial charge in [-0.1, -0.05) is 54.1 Å². The summed E-state index contributed by atoms with van der Waals surface area (Å²) >= 11 is 6.14. The lowest BCUT2D eigenvalue weighted by molar-refractivity contribution is 0.0962. The van der Waals surface area contributed by atoms with Crippen LogP contribution in [0.1, 0.15) is 34.0 Å². The molecule has 0 saturated carbocycles. The summed E-state index contributed by atoms with van der Waals surface area (Å²) in [5, 5.41) is 5.10. The largest absolute Gasteiger partial charge is 0.294 e. The lowest BCUT2D eigenvalue weighted by atomic mass is 9.82. The molecular weight excluding hydrogens is 358 g/mol. The van der Waals surface area contributed by atoms with Crippen molar-refractivity contribution in [3.8, 4) is 11.1 Å². The number of halogens is 1. The van der Waals surface area contributed by atoms with Crippen molar-refractivity contribution < 1.29 is 4.79 Å². The molecule has 27 heavy (non-hydrogen) atoms. The number of nitrogens with zero attached hydrogens (tertiary/aromatic N) is 3. The number of Topliss-reactive ketones (excluding diaryl/α,β-unsaturated/α-hetero) is 1. The highest BCUT2D eigenvalue weighted by molar-refractivity contribution is 6.30. The molecule has 1 unspecified atom stereocenters. The summed E-state index contributed by atoms with van der Waals surface area (Å²) in [5.41, 5.74) is 5.40. The van der Waals surface area contributed by atoms with Gasteiger partial charge in [-0.3, -0.25) is 4.79 Å². The highest BCUT2D eigenvalue weighted by Crippen LogP contribution is 2.34. The summed E-state index contributed by atoms with van der Waals surface area (Å²) < 4.78 is 1.71. The number of carbonyl (C=O) groups is 1. The zero-order chi connectivity index (χ0) is 18.4. The second kappa shape index (κ2) is 6.32. The van der Waals surface area contributed by atoms with Crippen LogP contribution in [-0.2, 0) is 6.42 Å². The number of benzene rings is 2. The third-order valence-corrected chi connectivity index (χ3v) is 5.38. The molecule has 2 heterocycles. The zero-order valence-corrected chi connectivity index (χ0v) is 15.2. The summed E-state index contributed by atoms with van der Waals surface area (Å²) in [6, 6.07) is 17.8. The van der Waals surface area contributed by atoms with Crippen LogP contribution in [-0.4, -0.2) is 20.4 Å². The van der Waals surface area contributed by atoms with Crippen LogP contribution >= 0.6 is 11.6 Å². The van der Waals surface area contributed by atoms with Gasteiger partial charge in [0.15, 0.2) is 11.4 Å². The van der Waals surface area contributed by atoms with E-state index in [2.05, 4.69) is 5.10 Å². The van der Waals surface area contributed by atoms with Crippen LogP contribution < -0.4 is 0 Å². The van der Waals surface area contributed by atoms with E-state index in [1.807, 2.05) is 67.0 Å². The highest BCUT2D eigenvalue weighted by Gasteiger charge is 2.28. The summed E-state index contributed by atoms with van der Waals surface area (Å²) in [6.45, 7) is 0. The fraction of sp³-hybridized carbons (Fsp3) is 0.136. The molecule has 1 atom stereocenters. The minimum absolute atomic E-state index is 0.0988. The van der Waals surface area contributed by atoms with E-state index < -0.39 is 0 Å². The summed E-state index contributed by atoms with van der Waals surface area (Å²) in [4.78, 5) is 17.6. The minimum Gasteiger partial charge on any atom is -0.294 e. The standard InChI is InChI=1S/C22H16ClN3O/c23-17-8-4-7-15(9-17)16-10-20-19(21(27)11-16)13-26-22(25-20)18(12-24-26)14-5-2-1-3-6-14/h1-9,12-13,16H,10-11H2. The van der Waals surface area contributed by atoms with E-state index >= 15 is 0 Å². The van der Waals surface area contributed by atoms with Crippen LogP contribution in [0.25, 0.3) is 16.8 Å². The molecule has 1 aliphatic carbocycles. The lowest BCUT2D eigenvalue weighted by Crippen LogP contribution is -2.21. The van der Waals surface area contributed by atoms with Gasteiger partial charge in [-0.25, -0.2) is 9.50 Å². The van der Waals surface area contributed by atoms with E-state index in [4.69, 9.17) is 16.6 Å². The Morgan fingerprint density at radius 2 is 1.85 bits per heavy atom. The maximum atomic E-state index is 12.8. The number of hydrogen-bond donors (Lipinski definition) is 0. The molecule has 0 saturated heterocycles. The van der Waals surface area contributed by atoms with Crippen LogP contribution in [0.3, 0.4) is 0 Å². The Morgan fingerprint density at radius 3 is 2.67 bits per heavy atom. The van der Waals surface area contributed by atoms with Gasteiger partial charge in [-0.15, -0.1) is 0 Å². The fourth-order valence-corrected chi connectivity index (χ4v) is 3.99. The predicted molar refractivity (Wildman–Crippen MR) is 105 cm³/mol. The van der Waals surface area contributed by atoms with Gasteiger partial charge in [-0.2, -0.15) is 5.10 Å². The van der Waals surface area contributed by atoms with Crippen molar-refractivity contribution >= 4 is 23.0 Å². The number of ketones is 1. The average molecular weight is 374 g/mol. The molecule has 0 radical (unpaired) electrons. The Balaban J connectivity index is 1.61. The highest BCUT2D eigenvalue weighted by atomic mass is 35.5. The van der Waals surface area contributed by atoms with E-state index in [-0.39, 0.29) is 11.7 Å². The third kappa shape index (κ3) is 2.82. The fourth-order valence-electron chi connectivity index (χ4n) is 3.79. The maximum Gasteiger partial charge on any atom is 0.166 e. The van der Waals surface area contributed by atoms with Crippen LogP contribution in [0.15, 0.2) is 67.0 Å². The van der Waals surface area contributed by atoms with Crippen molar-refractivity contribution in [3.05, 3.63) is 88.8 Å². The third-order valence-electron chi connectivity index (χ3n) is 5.15. The molecule has 2 aromatic heterocycles. The topological polar surface area (TPSA) is 47.3 Å². The monoisotopic (exact) mass is 373 g/mol. The van der Waals surface area contributed by atoms with Gasteiger partial charge in [0.1, 0.15) is 0 Å². The summed E-state index contributed by atoms with van der Waals surface area (Å²) in [6.07, 6.45) is 4.81. The van der Waals surface area contributed by atoms with Crippen LogP contribution in [0.2, 0.25) is 5.02 Å². The molecule has 0 fully saturated rings. The average Bonchev–Trinajstić information content (AvgIpc) is 3.10. The molecule has 132 valence electrons. The van der Waals surface area contributed by atoms with Crippen LogP contribution in [0.4, 0.5) is 0 Å². The van der Waals surface area contributed by atoms with E-state index in [0.717, 1.165) is 34.5 Å². The Labute approximate surface area is 161 Å². The molecular formula is C22H16ClN3O. The zero-order valence-electron chi connectivity index (χ0n) is 14.5. The molecule has 5 heteroatoms. The summed E-state index contributed by atoms with van der Waals surface area (Å²) in [7, 11) is 0. The van der Waals surface area contributed by atoms with Gasteiger partial charge in [0.25, 0.3) is 0 Å². The first-order valence-corrected chi connectivity index (χ1v) is 9.28. The van der Waals surface area contributed by atoms with Gasteiger partial charge < -0.3 is 0 Å². The van der Waals surface area contributed by atoms with Gasteiger partial charge in [0, 0.05) is 23.2 Å².